The Morgan fingerprint density at radius 3 is 2.80 bits per heavy atom. The molecular weight excluding hydrogens is 190 g/mol. The van der Waals surface area contributed by atoms with Crippen LogP contribution in [0.1, 0.15) is 17.5 Å². The number of aryl methyl sites for hydroxylation is 1. The zero-order chi connectivity index (χ0) is 11.3. The molecule has 0 saturated heterocycles. The first kappa shape index (κ1) is 11.7. The number of nitrogens with two attached hydrogens (primary N) is 2. The van der Waals surface area contributed by atoms with Gasteiger partial charge in [0.15, 0.2) is 0 Å². The first-order valence-electron chi connectivity index (χ1n) is 4.91. The molecule has 15 heavy (non-hydrogen) atoms. The highest BCUT2D eigenvalue weighted by Gasteiger charge is 2.04. The molecule has 5 N–H and O–H groups in total. The summed E-state index contributed by atoms with van der Waals surface area (Å²) in [6, 6.07) is 7.98. The Morgan fingerprint density at radius 2 is 2.20 bits per heavy atom. The number of amides is 1. The van der Waals surface area contributed by atoms with Gasteiger partial charge in [-0.2, -0.15) is 0 Å². The monoisotopic (exact) mass is 207 g/mol. The van der Waals surface area contributed by atoms with E-state index < -0.39 is 6.17 Å². The van der Waals surface area contributed by atoms with Crippen molar-refractivity contribution >= 4 is 5.91 Å². The Kier molecular flexibility index (Phi) is 4.27. The fourth-order valence-corrected chi connectivity index (χ4v) is 1.31. The number of nitrogens with one attached hydrogen (secondary N) is 1. The Labute approximate surface area is 89.6 Å². The van der Waals surface area contributed by atoms with Crippen molar-refractivity contribution in [2.45, 2.75) is 26.1 Å². The van der Waals surface area contributed by atoms with Gasteiger partial charge in [0, 0.05) is 6.54 Å². The zero-order valence-electron chi connectivity index (χ0n) is 8.86. The van der Waals surface area contributed by atoms with E-state index in [4.69, 9.17) is 11.5 Å². The minimum atomic E-state index is -0.581. The van der Waals surface area contributed by atoms with E-state index in [1.165, 1.54) is 5.56 Å². The first-order chi connectivity index (χ1) is 7.08. The van der Waals surface area contributed by atoms with Crippen molar-refractivity contribution in [1.29, 1.82) is 0 Å². The molecule has 4 nitrogen and oxygen atoms in total. The third kappa shape index (κ3) is 4.58. The molecule has 0 spiro atoms. The van der Waals surface area contributed by atoms with Gasteiger partial charge in [0.1, 0.15) is 0 Å². The molecule has 0 bridgehead atoms. The molecule has 0 aliphatic carbocycles. The molecule has 0 saturated carbocycles. The molecule has 0 aromatic heterocycles. The van der Waals surface area contributed by atoms with Crippen molar-refractivity contribution in [1.82, 2.24) is 5.32 Å². The van der Waals surface area contributed by atoms with Crippen LogP contribution in [0.5, 0.6) is 0 Å². The second-order valence-electron chi connectivity index (χ2n) is 3.63. The third-order valence-corrected chi connectivity index (χ3v) is 1.99. The molecule has 0 atom stereocenters. The smallest absolute Gasteiger partial charge is 0.223 e. The average Bonchev–Trinajstić information content (AvgIpc) is 2.14. The van der Waals surface area contributed by atoms with Gasteiger partial charge in [-0.25, -0.2) is 0 Å². The van der Waals surface area contributed by atoms with Gasteiger partial charge >= 0.3 is 0 Å². The highest BCUT2D eigenvalue weighted by atomic mass is 16.1. The van der Waals surface area contributed by atoms with E-state index in [1.807, 2.05) is 31.2 Å². The van der Waals surface area contributed by atoms with Crippen LogP contribution < -0.4 is 16.8 Å². The van der Waals surface area contributed by atoms with Crippen molar-refractivity contribution in [2.24, 2.45) is 11.5 Å². The maximum atomic E-state index is 11.2. The second kappa shape index (κ2) is 5.48. The molecule has 4 heteroatoms. The highest BCUT2D eigenvalue weighted by Crippen LogP contribution is 2.03. The van der Waals surface area contributed by atoms with E-state index in [2.05, 4.69) is 5.32 Å². The summed E-state index contributed by atoms with van der Waals surface area (Å²) in [5, 5.41) is 2.76. The van der Waals surface area contributed by atoms with Crippen molar-refractivity contribution in [3.8, 4) is 0 Å². The molecule has 0 aliphatic rings. The van der Waals surface area contributed by atoms with Crippen LogP contribution in [0.3, 0.4) is 0 Å². The van der Waals surface area contributed by atoms with E-state index >= 15 is 0 Å². The largest absolute Gasteiger partial charge is 0.352 e. The van der Waals surface area contributed by atoms with Crippen LogP contribution in [0.2, 0.25) is 0 Å². The zero-order valence-corrected chi connectivity index (χ0v) is 8.86. The predicted octanol–water partition coefficient (Wildman–Crippen LogP) is 0.245. The molecule has 0 heterocycles. The summed E-state index contributed by atoms with van der Waals surface area (Å²) >= 11 is 0. The Hall–Kier alpha value is -1.39. The van der Waals surface area contributed by atoms with Crippen LogP contribution in [0.25, 0.3) is 0 Å². The van der Waals surface area contributed by atoms with E-state index in [0.717, 1.165) is 5.56 Å². The van der Waals surface area contributed by atoms with Gasteiger partial charge < -0.3 is 16.8 Å². The van der Waals surface area contributed by atoms with Gasteiger partial charge in [0.05, 0.1) is 12.6 Å². The van der Waals surface area contributed by atoms with E-state index in [1.54, 1.807) is 0 Å². The summed E-state index contributed by atoms with van der Waals surface area (Å²) in [6.07, 6.45) is -0.422. The predicted molar refractivity (Wildman–Crippen MR) is 59.8 cm³/mol. The molecule has 1 aromatic rings. The number of hydrogen-bond acceptors (Lipinski definition) is 3. The number of carbonyl (C=O) groups is 1. The molecule has 1 rings (SSSR count). The molecule has 1 aromatic carbocycles. The van der Waals surface area contributed by atoms with Crippen molar-refractivity contribution in [3.05, 3.63) is 35.4 Å². The minimum Gasteiger partial charge on any atom is -0.352 e. The SMILES string of the molecule is Cc1cccc(CNC(=O)CC(N)N)c1. The van der Waals surface area contributed by atoms with Crippen LogP contribution in [-0.4, -0.2) is 12.1 Å². The maximum absolute atomic E-state index is 11.2. The maximum Gasteiger partial charge on any atom is 0.223 e. The summed E-state index contributed by atoms with van der Waals surface area (Å²) in [4.78, 5) is 11.2. The molecule has 82 valence electrons. The Morgan fingerprint density at radius 1 is 1.47 bits per heavy atom. The van der Waals surface area contributed by atoms with Crippen molar-refractivity contribution in [3.63, 3.8) is 0 Å². The van der Waals surface area contributed by atoms with Crippen molar-refractivity contribution in [2.75, 3.05) is 0 Å². The lowest BCUT2D eigenvalue weighted by molar-refractivity contribution is -0.121. The van der Waals surface area contributed by atoms with Crippen LogP contribution in [-0.2, 0) is 11.3 Å². The highest BCUT2D eigenvalue weighted by molar-refractivity contribution is 5.76. The lowest BCUT2D eigenvalue weighted by Crippen LogP contribution is -2.37. The van der Waals surface area contributed by atoms with Crippen LogP contribution in [0, 0.1) is 6.92 Å². The van der Waals surface area contributed by atoms with Crippen molar-refractivity contribution < 1.29 is 4.79 Å². The average molecular weight is 207 g/mol. The molecule has 0 fully saturated rings. The number of benzene rings is 1. The second-order valence-corrected chi connectivity index (χ2v) is 3.63. The Bertz CT molecular complexity index is 336. The Balaban J connectivity index is 2.40. The van der Waals surface area contributed by atoms with Gasteiger partial charge in [-0.05, 0) is 12.5 Å². The quantitative estimate of drug-likeness (QED) is 0.619. The minimum absolute atomic E-state index is 0.119. The molecular formula is C11H17N3O. The summed E-state index contributed by atoms with van der Waals surface area (Å²) in [7, 11) is 0. The van der Waals surface area contributed by atoms with Gasteiger partial charge in [-0.15, -0.1) is 0 Å². The van der Waals surface area contributed by atoms with Crippen LogP contribution in [0.15, 0.2) is 24.3 Å². The molecule has 0 aliphatic heterocycles. The van der Waals surface area contributed by atoms with E-state index in [0.29, 0.717) is 6.54 Å². The fraction of sp³-hybridized carbons (Fsp3) is 0.364. The van der Waals surface area contributed by atoms with Crippen LogP contribution >= 0.6 is 0 Å². The van der Waals surface area contributed by atoms with Gasteiger partial charge in [-0.3, -0.25) is 4.79 Å². The summed E-state index contributed by atoms with van der Waals surface area (Å²) in [5.41, 5.74) is 12.9. The summed E-state index contributed by atoms with van der Waals surface area (Å²) in [6.45, 7) is 2.54. The van der Waals surface area contributed by atoms with Gasteiger partial charge in [0.2, 0.25) is 5.91 Å². The lowest BCUT2D eigenvalue weighted by Gasteiger charge is -2.07. The van der Waals surface area contributed by atoms with E-state index in [9.17, 15) is 4.79 Å². The topological polar surface area (TPSA) is 81.1 Å². The summed E-state index contributed by atoms with van der Waals surface area (Å²) < 4.78 is 0. The molecule has 1 amide bonds. The molecule has 0 radical (unpaired) electrons. The van der Waals surface area contributed by atoms with Crippen LogP contribution in [0.4, 0.5) is 0 Å². The van der Waals surface area contributed by atoms with E-state index in [-0.39, 0.29) is 12.3 Å². The normalized spacial score (nSPS) is 10.4. The standard InChI is InChI=1S/C11H17N3O/c1-8-3-2-4-9(5-8)7-14-11(15)6-10(12)13/h2-5,10H,6-7,12-13H2,1H3,(H,14,15). The first-order valence-corrected chi connectivity index (χ1v) is 4.91. The number of hydrogen-bond donors (Lipinski definition) is 3. The fourth-order valence-electron chi connectivity index (χ4n) is 1.31. The third-order valence-electron chi connectivity index (χ3n) is 1.99. The number of rotatable bonds is 4. The summed E-state index contributed by atoms with van der Waals surface area (Å²) in [5.74, 6) is -0.119. The van der Waals surface area contributed by atoms with Gasteiger partial charge in [-0.1, -0.05) is 29.8 Å². The lowest BCUT2D eigenvalue weighted by atomic mass is 10.1. The molecule has 0 unspecified atom stereocenters. The van der Waals surface area contributed by atoms with Gasteiger partial charge in [0.25, 0.3) is 0 Å². The number of carbonyl (C=O) groups excluding carboxylic acids is 1.